The van der Waals surface area contributed by atoms with Crippen molar-refractivity contribution in [1.82, 2.24) is 0 Å². The summed E-state index contributed by atoms with van der Waals surface area (Å²) in [6.45, 7) is 6.46. The van der Waals surface area contributed by atoms with Gasteiger partial charge >= 0.3 is 6.18 Å². The smallest absolute Gasteiger partial charge is 0.409 e. The second kappa shape index (κ2) is 6.69. The number of anilines is 1. The van der Waals surface area contributed by atoms with E-state index in [4.69, 9.17) is 10.9 Å². The minimum atomic E-state index is -4.48. The van der Waals surface area contributed by atoms with E-state index in [1.54, 1.807) is 0 Å². The van der Waals surface area contributed by atoms with Crippen LogP contribution in [-0.2, 0) is 6.18 Å². The van der Waals surface area contributed by atoms with Crippen LogP contribution in [0.5, 0.6) is 0 Å². The van der Waals surface area contributed by atoms with Crippen molar-refractivity contribution in [3.63, 3.8) is 0 Å². The van der Waals surface area contributed by atoms with E-state index in [1.165, 1.54) is 6.07 Å². The van der Waals surface area contributed by atoms with Crippen molar-refractivity contribution in [2.75, 3.05) is 11.4 Å². The summed E-state index contributed by atoms with van der Waals surface area (Å²) in [7, 11) is 0. The van der Waals surface area contributed by atoms with Gasteiger partial charge in [0.15, 0.2) is 5.84 Å². The highest BCUT2D eigenvalue weighted by Crippen LogP contribution is 2.33. The van der Waals surface area contributed by atoms with Crippen molar-refractivity contribution in [3.8, 4) is 0 Å². The lowest BCUT2D eigenvalue weighted by Crippen LogP contribution is -2.34. The maximum atomic E-state index is 12.8. The molecule has 3 N–H and O–H groups in total. The van der Waals surface area contributed by atoms with Crippen molar-refractivity contribution < 1.29 is 18.4 Å². The van der Waals surface area contributed by atoms with Crippen molar-refractivity contribution in [3.05, 3.63) is 29.3 Å². The van der Waals surface area contributed by atoms with E-state index in [0.717, 1.165) is 18.6 Å². The fourth-order valence-corrected chi connectivity index (χ4v) is 2.16. The lowest BCUT2D eigenvalue weighted by atomic mass is 10.0. The Bertz CT molecular complexity index is 515. The molecule has 4 nitrogen and oxygen atoms in total. The number of halogens is 3. The summed E-state index contributed by atoms with van der Waals surface area (Å²) in [6, 6.07) is 3.41. The van der Waals surface area contributed by atoms with E-state index < -0.39 is 11.7 Å². The Morgan fingerprint density at radius 1 is 1.38 bits per heavy atom. The SMILES string of the molecule is CCC(C)N(CC)c1ccc(C(F)(F)F)cc1/C(N)=N/O. The van der Waals surface area contributed by atoms with Gasteiger partial charge < -0.3 is 15.8 Å². The summed E-state index contributed by atoms with van der Waals surface area (Å²) >= 11 is 0. The average molecular weight is 303 g/mol. The monoisotopic (exact) mass is 303 g/mol. The van der Waals surface area contributed by atoms with Gasteiger partial charge in [0.1, 0.15) is 0 Å². The first-order valence-electron chi connectivity index (χ1n) is 6.72. The van der Waals surface area contributed by atoms with Gasteiger partial charge in [-0.05, 0) is 38.5 Å². The van der Waals surface area contributed by atoms with Crippen LogP contribution in [0.15, 0.2) is 23.4 Å². The van der Waals surface area contributed by atoms with Gasteiger partial charge in [-0.15, -0.1) is 0 Å². The van der Waals surface area contributed by atoms with Crippen LogP contribution >= 0.6 is 0 Å². The maximum Gasteiger partial charge on any atom is 0.416 e. The van der Waals surface area contributed by atoms with E-state index in [9.17, 15) is 13.2 Å². The van der Waals surface area contributed by atoms with Crippen molar-refractivity contribution >= 4 is 11.5 Å². The Kier molecular flexibility index (Phi) is 5.46. The fraction of sp³-hybridized carbons (Fsp3) is 0.500. The van der Waals surface area contributed by atoms with E-state index in [2.05, 4.69) is 5.16 Å². The molecule has 118 valence electrons. The topological polar surface area (TPSA) is 61.8 Å². The van der Waals surface area contributed by atoms with Crippen LogP contribution in [0, 0.1) is 0 Å². The molecule has 0 aliphatic rings. The summed E-state index contributed by atoms with van der Waals surface area (Å²) in [5.74, 6) is -0.335. The van der Waals surface area contributed by atoms with Crippen molar-refractivity contribution in [1.29, 1.82) is 0 Å². The molecule has 0 spiro atoms. The molecule has 0 radical (unpaired) electrons. The third-order valence-electron chi connectivity index (χ3n) is 3.48. The van der Waals surface area contributed by atoms with Gasteiger partial charge in [-0.25, -0.2) is 0 Å². The molecule has 1 atom stereocenters. The van der Waals surface area contributed by atoms with E-state index in [-0.39, 0.29) is 17.4 Å². The first kappa shape index (κ1) is 17.1. The number of rotatable bonds is 5. The first-order valence-corrected chi connectivity index (χ1v) is 6.72. The minimum Gasteiger partial charge on any atom is -0.409 e. The molecule has 0 fully saturated rings. The molecule has 7 heteroatoms. The van der Waals surface area contributed by atoms with Crippen LogP contribution in [0.1, 0.15) is 38.3 Å². The largest absolute Gasteiger partial charge is 0.416 e. The van der Waals surface area contributed by atoms with Crippen LogP contribution in [0.4, 0.5) is 18.9 Å². The Labute approximate surface area is 122 Å². The molecule has 0 aliphatic heterocycles. The van der Waals surface area contributed by atoms with Crippen LogP contribution in [0.3, 0.4) is 0 Å². The quantitative estimate of drug-likeness (QED) is 0.379. The highest BCUT2D eigenvalue weighted by Gasteiger charge is 2.32. The zero-order valence-corrected chi connectivity index (χ0v) is 12.3. The highest BCUT2D eigenvalue weighted by atomic mass is 19.4. The van der Waals surface area contributed by atoms with Crippen molar-refractivity contribution in [2.45, 2.75) is 39.4 Å². The number of nitrogens with zero attached hydrogens (tertiary/aromatic N) is 2. The normalized spacial score (nSPS) is 14.1. The number of benzene rings is 1. The molecule has 0 amide bonds. The van der Waals surface area contributed by atoms with Crippen LogP contribution in [0.2, 0.25) is 0 Å². The van der Waals surface area contributed by atoms with Gasteiger partial charge in [0.05, 0.1) is 5.56 Å². The summed E-state index contributed by atoms with van der Waals surface area (Å²) in [6.07, 6.45) is -3.65. The molecule has 0 aliphatic carbocycles. The molecular weight excluding hydrogens is 283 g/mol. The fourth-order valence-electron chi connectivity index (χ4n) is 2.16. The van der Waals surface area contributed by atoms with Gasteiger partial charge in [0.2, 0.25) is 0 Å². The molecule has 1 unspecified atom stereocenters. The van der Waals surface area contributed by atoms with Gasteiger partial charge in [0, 0.05) is 23.8 Å². The molecule has 0 aromatic heterocycles. The number of alkyl halides is 3. The Hall–Kier alpha value is -1.92. The lowest BCUT2D eigenvalue weighted by Gasteiger charge is -2.31. The lowest BCUT2D eigenvalue weighted by molar-refractivity contribution is -0.137. The van der Waals surface area contributed by atoms with E-state index in [1.807, 2.05) is 25.7 Å². The third-order valence-corrected chi connectivity index (χ3v) is 3.48. The zero-order chi connectivity index (χ0) is 16.2. The Balaban J connectivity index is 3.44. The van der Waals surface area contributed by atoms with Crippen LogP contribution < -0.4 is 10.6 Å². The standard InChI is InChI=1S/C14H20F3N3O/c1-4-9(3)20(5-2)12-7-6-10(14(15,16)17)8-11(12)13(18)19-21/h6-9,21H,4-5H2,1-3H3,(H2,18,19). The second-order valence-electron chi connectivity index (χ2n) is 4.76. The zero-order valence-electron chi connectivity index (χ0n) is 12.3. The van der Waals surface area contributed by atoms with Crippen LogP contribution in [-0.4, -0.2) is 23.6 Å². The predicted octanol–water partition coefficient (Wildman–Crippen LogP) is 3.42. The third kappa shape index (κ3) is 3.80. The van der Waals surface area contributed by atoms with E-state index in [0.29, 0.717) is 12.2 Å². The van der Waals surface area contributed by atoms with Crippen molar-refractivity contribution in [2.24, 2.45) is 10.9 Å². The molecule has 1 aromatic rings. The predicted molar refractivity (Wildman–Crippen MR) is 76.7 cm³/mol. The number of nitrogens with two attached hydrogens (primary N) is 1. The van der Waals surface area contributed by atoms with Crippen LogP contribution in [0.25, 0.3) is 0 Å². The summed E-state index contributed by atoms with van der Waals surface area (Å²) in [5.41, 5.74) is 5.32. The molecule has 0 heterocycles. The Morgan fingerprint density at radius 2 is 2.00 bits per heavy atom. The summed E-state index contributed by atoms with van der Waals surface area (Å²) < 4.78 is 38.5. The number of oxime groups is 1. The first-order chi connectivity index (χ1) is 9.76. The molecule has 1 rings (SSSR count). The number of amidine groups is 1. The number of hydrogen-bond acceptors (Lipinski definition) is 3. The number of hydrogen-bond donors (Lipinski definition) is 2. The van der Waals surface area contributed by atoms with E-state index >= 15 is 0 Å². The molecule has 21 heavy (non-hydrogen) atoms. The molecule has 0 bridgehead atoms. The van der Waals surface area contributed by atoms with Gasteiger partial charge in [0.25, 0.3) is 0 Å². The highest BCUT2D eigenvalue weighted by molar-refractivity contribution is 6.02. The van der Waals surface area contributed by atoms with Gasteiger partial charge in [-0.1, -0.05) is 12.1 Å². The maximum absolute atomic E-state index is 12.8. The molecular formula is C14H20F3N3O. The molecule has 1 aromatic carbocycles. The summed E-state index contributed by atoms with van der Waals surface area (Å²) in [4.78, 5) is 1.92. The Morgan fingerprint density at radius 3 is 2.43 bits per heavy atom. The van der Waals surface area contributed by atoms with Gasteiger partial charge in [-0.2, -0.15) is 13.2 Å². The molecule has 0 saturated carbocycles. The minimum absolute atomic E-state index is 0.0782. The molecule has 0 saturated heterocycles. The van der Waals surface area contributed by atoms with Gasteiger partial charge in [-0.3, -0.25) is 0 Å². The average Bonchev–Trinajstić information content (AvgIpc) is 2.46. The second-order valence-corrected chi connectivity index (χ2v) is 4.76. The summed E-state index contributed by atoms with van der Waals surface area (Å²) in [5, 5.41) is 11.7.